The van der Waals surface area contributed by atoms with Gasteiger partial charge in [0.15, 0.2) is 0 Å². The molecule has 0 aliphatic rings. The Hall–Kier alpha value is 0.937. The van der Waals surface area contributed by atoms with Crippen molar-refractivity contribution in [3.05, 3.63) is 0 Å². The first-order valence-electron chi connectivity index (χ1n) is 0.667. The zero-order chi connectivity index (χ0) is 4.12. The molecular formula is Mo2O3. The Morgan fingerprint density at radius 3 is 1.60 bits per heavy atom. The van der Waals surface area contributed by atoms with Crippen LogP contribution in [-0.4, -0.2) is 0 Å². The Bertz CT molecular complexity index is 34.2. The van der Waals surface area contributed by atoms with Gasteiger partial charge in [0.25, 0.3) is 0 Å². The van der Waals surface area contributed by atoms with E-state index in [0.29, 0.717) is 0 Å². The fraction of sp³-hybridized carbons (Fsp3) is 0. The summed E-state index contributed by atoms with van der Waals surface area (Å²) in [7, 11) is 0. The topological polar surface area (TPSA) is 43.4 Å². The summed E-state index contributed by atoms with van der Waals surface area (Å²) >= 11 is -3.06. The Balaban J connectivity index is 2.65. The average molecular weight is 240 g/mol. The van der Waals surface area contributed by atoms with E-state index in [4.69, 9.17) is 0 Å². The van der Waals surface area contributed by atoms with E-state index < -0.39 is 37.8 Å². The quantitative estimate of drug-likeness (QED) is 0.621. The van der Waals surface area contributed by atoms with Crippen LogP contribution in [0.1, 0.15) is 0 Å². The predicted molar refractivity (Wildman–Crippen MR) is 2.46 cm³/mol. The first kappa shape index (κ1) is 5.94. The van der Waals surface area contributed by atoms with Crippen LogP contribution in [0.2, 0.25) is 0 Å². The number of rotatable bonds is 2. The van der Waals surface area contributed by atoms with Gasteiger partial charge in [0.2, 0.25) is 0 Å². The van der Waals surface area contributed by atoms with Crippen LogP contribution >= 0.6 is 0 Å². The van der Waals surface area contributed by atoms with E-state index in [1.54, 1.807) is 0 Å². The number of hydrogen-bond donors (Lipinski definition) is 0. The molecule has 0 amide bonds. The van der Waals surface area contributed by atoms with E-state index in [1.807, 2.05) is 0 Å². The molecule has 0 aliphatic heterocycles. The predicted octanol–water partition coefficient (Wildman–Crippen LogP) is -0.311. The molecule has 0 fully saturated rings. The zero-order valence-electron chi connectivity index (χ0n) is 2.04. The van der Waals surface area contributed by atoms with Crippen molar-refractivity contribution in [3.63, 3.8) is 0 Å². The molecule has 0 atom stereocenters. The third-order valence-electron chi connectivity index (χ3n) is 0.0556. The molecule has 3 nitrogen and oxygen atoms in total. The molecule has 0 bridgehead atoms. The fourth-order valence-corrected chi connectivity index (χ4v) is 0.397. The van der Waals surface area contributed by atoms with E-state index in [1.165, 1.54) is 0 Å². The molecule has 0 saturated heterocycles. The van der Waals surface area contributed by atoms with Crippen molar-refractivity contribution in [3.8, 4) is 0 Å². The monoisotopic (exact) mass is 244 g/mol. The molecule has 0 aromatic carbocycles. The summed E-state index contributed by atoms with van der Waals surface area (Å²) in [5.41, 5.74) is 0. The SMILES string of the molecule is [O]=[Mo][O][Mo]=[O]. The molecule has 0 aromatic rings. The summed E-state index contributed by atoms with van der Waals surface area (Å²) in [4.78, 5) is 0. The summed E-state index contributed by atoms with van der Waals surface area (Å²) in [5.74, 6) is 0. The van der Waals surface area contributed by atoms with Gasteiger partial charge in [-0.25, -0.2) is 0 Å². The maximum atomic E-state index is 9.27. The third kappa shape index (κ3) is 4.94. The van der Waals surface area contributed by atoms with Crippen molar-refractivity contribution in [1.29, 1.82) is 0 Å². The van der Waals surface area contributed by atoms with Crippen molar-refractivity contribution < 1.29 is 46.7 Å². The van der Waals surface area contributed by atoms with Crippen molar-refractivity contribution in [2.24, 2.45) is 0 Å². The van der Waals surface area contributed by atoms with Gasteiger partial charge >= 0.3 is 46.7 Å². The second kappa shape index (κ2) is 4.94. The van der Waals surface area contributed by atoms with E-state index in [0.717, 1.165) is 0 Å². The molecule has 0 heterocycles. The summed E-state index contributed by atoms with van der Waals surface area (Å²) in [6.07, 6.45) is 0. The van der Waals surface area contributed by atoms with Crippen LogP contribution in [0, 0.1) is 0 Å². The molecule has 0 N–H and O–H groups in total. The minimum absolute atomic E-state index is 1.53. The second-order valence-corrected chi connectivity index (χ2v) is 3.19. The van der Waals surface area contributed by atoms with Gasteiger partial charge in [-0.15, -0.1) is 0 Å². The van der Waals surface area contributed by atoms with Gasteiger partial charge in [0.05, 0.1) is 0 Å². The van der Waals surface area contributed by atoms with Crippen LogP contribution in [0.15, 0.2) is 0 Å². The molecule has 0 rings (SSSR count). The molecular weight excluding hydrogens is 240 g/mol. The molecule has 5 heteroatoms. The van der Waals surface area contributed by atoms with Gasteiger partial charge in [-0.05, 0) is 0 Å². The van der Waals surface area contributed by atoms with Gasteiger partial charge in [0.1, 0.15) is 0 Å². The first-order chi connectivity index (χ1) is 2.41. The van der Waals surface area contributed by atoms with Crippen LogP contribution < -0.4 is 0 Å². The Morgan fingerprint density at radius 1 is 1.20 bits per heavy atom. The van der Waals surface area contributed by atoms with Crippen molar-refractivity contribution in [2.75, 3.05) is 0 Å². The first-order valence-corrected chi connectivity index (χ1v) is 3.94. The van der Waals surface area contributed by atoms with Crippen LogP contribution in [-0.2, 0) is 46.7 Å². The van der Waals surface area contributed by atoms with Crippen LogP contribution in [0.5, 0.6) is 0 Å². The van der Waals surface area contributed by atoms with Crippen LogP contribution in [0.25, 0.3) is 0 Å². The summed E-state index contributed by atoms with van der Waals surface area (Å²) in [5, 5.41) is 0. The van der Waals surface area contributed by atoms with Crippen molar-refractivity contribution >= 4 is 0 Å². The minimum atomic E-state index is -1.53. The molecule has 0 aliphatic carbocycles. The van der Waals surface area contributed by atoms with Gasteiger partial charge < -0.3 is 0 Å². The normalized spacial score (nSPS) is 6.40. The number of hydrogen-bond acceptors (Lipinski definition) is 3. The average Bonchev–Trinajstić information content (AvgIpc) is 1.41. The summed E-state index contributed by atoms with van der Waals surface area (Å²) in [6.45, 7) is 0. The molecule has 30 valence electrons. The fourth-order valence-electron chi connectivity index (χ4n) is 0.0113. The Morgan fingerprint density at radius 2 is 1.60 bits per heavy atom. The van der Waals surface area contributed by atoms with E-state index in [2.05, 4.69) is 2.04 Å². The molecule has 0 unspecified atom stereocenters. The zero-order valence-corrected chi connectivity index (χ0v) is 6.06. The summed E-state index contributed by atoms with van der Waals surface area (Å²) in [6, 6.07) is 0. The van der Waals surface area contributed by atoms with Gasteiger partial charge in [-0.1, -0.05) is 0 Å². The molecule has 5 heavy (non-hydrogen) atoms. The molecule has 0 radical (unpaired) electrons. The van der Waals surface area contributed by atoms with Gasteiger partial charge in [-0.2, -0.15) is 0 Å². The van der Waals surface area contributed by atoms with Crippen LogP contribution in [0.4, 0.5) is 0 Å². The molecule has 0 aromatic heterocycles. The molecule has 0 saturated carbocycles. The van der Waals surface area contributed by atoms with E-state index in [9.17, 15) is 6.80 Å². The van der Waals surface area contributed by atoms with Gasteiger partial charge in [0, 0.05) is 0 Å². The van der Waals surface area contributed by atoms with Crippen LogP contribution in [0.3, 0.4) is 0 Å². The van der Waals surface area contributed by atoms with Crippen molar-refractivity contribution in [2.45, 2.75) is 0 Å². The maximum absolute atomic E-state index is 9.27. The Kier molecular flexibility index (Phi) is 5.86. The second-order valence-electron chi connectivity index (χ2n) is 0.204. The Labute approximate surface area is 46.7 Å². The standard InChI is InChI=1S/2Mo.3O. The van der Waals surface area contributed by atoms with E-state index >= 15 is 0 Å². The third-order valence-corrected chi connectivity index (χ3v) is 1.94. The molecule has 0 spiro atoms. The van der Waals surface area contributed by atoms with Gasteiger partial charge in [-0.3, -0.25) is 0 Å². The van der Waals surface area contributed by atoms with E-state index in [-0.39, 0.29) is 0 Å². The summed E-state index contributed by atoms with van der Waals surface area (Å²) < 4.78 is 22.5. The van der Waals surface area contributed by atoms with Crippen molar-refractivity contribution in [1.82, 2.24) is 0 Å².